The molecule has 0 aliphatic carbocycles. The molecule has 0 atom stereocenters. The maximum absolute atomic E-state index is 12.5. The first kappa shape index (κ1) is 13.7. The van der Waals surface area contributed by atoms with Crippen molar-refractivity contribution >= 4 is 33.0 Å². The van der Waals surface area contributed by atoms with Crippen molar-refractivity contribution in [1.82, 2.24) is 0 Å². The lowest BCUT2D eigenvalue weighted by molar-refractivity contribution is -0.137. The van der Waals surface area contributed by atoms with Crippen molar-refractivity contribution in [3.8, 4) is 0 Å². The van der Waals surface area contributed by atoms with E-state index in [0.717, 1.165) is 22.3 Å². The molecule has 0 aromatic heterocycles. The zero-order chi connectivity index (χ0) is 14.0. The molecule has 2 rings (SSSR count). The fraction of sp³-hybridized carbons (Fsp3) is 0.0769. The van der Waals surface area contributed by atoms with Crippen molar-refractivity contribution in [1.29, 1.82) is 0 Å². The van der Waals surface area contributed by atoms with E-state index in [0.29, 0.717) is 5.69 Å². The minimum atomic E-state index is -4.39. The van der Waals surface area contributed by atoms with E-state index in [2.05, 4.69) is 21.2 Å². The van der Waals surface area contributed by atoms with Crippen LogP contribution in [0.1, 0.15) is 5.56 Å². The lowest BCUT2D eigenvalue weighted by Crippen LogP contribution is -2.06. The molecule has 100 valence electrons. The van der Waals surface area contributed by atoms with E-state index in [4.69, 9.17) is 5.73 Å². The average molecular weight is 331 g/mol. The summed E-state index contributed by atoms with van der Waals surface area (Å²) in [7, 11) is 0. The Bertz CT molecular complexity index is 597. The number of benzene rings is 2. The molecule has 0 fully saturated rings. The molecule has 0 unspecified atom stereocenters. The average Bonchev–Trinajstić information content (AvgIpc) is 2.30. The summed E-state index contributed by atoms with van der Waals surface area (Å²) in [5.41, 5.74) is 6.09. The van der Waals surface area contributed by atoms with Gasteiger partial charge in [0, 0.05) is 10.2 Å². The van der Waals surface area contributed by atoms with Crippen LogP contribution in [0.2, 0.25) is 0 Å². The molecule has 0 heterocycles. The molecule has 19 heavy (non-hydrogen) atoms. The fourth-order valence-corrected chi connectivity index (χ4v) is 1.97. The summed E-state index contributed by atoms with van der Waals surface area (Å²) in [5.74, 6) is 0. The molecule has 0 saturated carbocycles. The van der Waals surface area contributed by atoms with E-state index in [1.807, 2.05) is 12.1 Å². The highest BCUT2D eigenvalue weighted by Gasteiger charge is 2.30. The van der Waals surface area contributed by atoms with Gasteiger partial charge in [-0.3, -0.25) is 0 Å². The first-order chi connectivity index (χ1) is 8.86. The molecule has 0 radical (unpaired) electrons. The molecule has 3 N–H and O–H groups in total. The summed E-state index contributed by atoms with van der Waals surface area (Å²) in [6.07, 6.45) is -4.39. The first-order valence-electron chi connectivity index (χ1n) is 5.35. The van der Waals surface area contributed by atoms with E-state index in [9.17, 15) is 13.2 Å². The number of anilines is 3. The maximum atomic E-state index is 12.5. The number of nitrogens with two attached hydrogens (primary N) is 1. The van der Waals surface area contributed by atoms with Crippen molar-refractivity contribution in [2.45, 2.75) is 6.18 Å². The quantitative estimate of drug-likeness (QED) is 0.776. The normalized spacial score (nSPS) is 11.4. The number of nitrogens with one attached hydrogen (secondary N) is 1. The van der Waals surface area contributed by atoms with Crippen LogP contribution in [0.15, 0.2) is 46.9 Å². The van der Waals surface area contributed by atoms with Crippen LogP contribution in [0.5, 0.6) is 0 Å². The third-order valence-electron chi connectivity index (χ3n) is 2.48. The Morgan fingerprint density at radius 2 is 1.79 bits per heavy atom. The molecule has 0 spiro atoms. The monoisotopic (exact) mass is 330 g/mol. The van der Waals surface area contributed by atoms with Crippen molar-refractivity contribution < 1.29 is 13.2 Å². The Morgan fingerprint density at radius 3 is 2.37 bits per heavy atom. The zero-order valence-electron chi connectivity index (χ0n) is 9.63. The number of nitrogen functional groups attached to an aromatic ring is 1. The summed E-state index contributed by atoms with van der Waals surface area (Å²) in [6.45, 7) is 0. The van der Waals surface area contributed by atoms with Crippen LogP contribution in [0.4, 0.5) is 30.2 Å². The van der Waals surface area contributed by atoms with E-state index >= 15 is 0 Å². The van der Waals surface area contributed by atoms with Gasteiger partial charge in [-0.25, -0.2) is 0 Å². The third kappa shape index (κ3) is 3.41. The summed E-state index contributed by atoms with van der Waals surface area (Å²) in [5, 5.41) is 2.97. The summed E-state index contributed by atoms with van der Waals surface area (Å²) in [6, 6.07) is 10.5. The largest absolute Gasteiger partial charge is 0.416 e. The lowest BCUT2D eigenvalue weighted by Gasteiger charge is -2.12. The minimum absolute atomic E-state index is 0.0507. The number of rotatable bonds is 2. The van der Waals surface area contributed by atoms with Crippen molar-refractivity contribution in [2.75, 3.05) is 11.1 Å². The predicted molar refractivity (Wildman–Crippen MR) is 73.3 cm³/mol. The van der Waals surface area contributed by atoms with Crippen molar-refractivity contribution in [2.24, 2.45) is 0 Å². The highest BCUT2D eigenvalue weighted by atomic mass is 79.9. The molecule has 0 bridgehead atoms. The van der Waals surface area contributed by atoms with Gasteiger partial charge >= 0.3 is 6.18 Å². The molecule has 0 aliphatic rings. The smallest absolute Gasteiger partial charge is 0.397 e. The van der Waals surface area contributed by atoms with Gasteiger partial charge in [-0.05, 0) is 36.4 Å². The number of halogens is 4. The first-order valence-corrected chi connectivity index (χ1v) is 6.15. The van der Waals surface area contributed by atoms with Gasteiger partial charge in [0.1, 0.15) is 0 Å². The van der Waals surface area contributed by atoms with Crippen molar-refractivity contribution in [3.05, 3.63) is 52.5 Å². The molecular formula is C13H10BrF3N2. The third-order valence-corrected chi connectivity index (χ3v) is 2.98. The summed E-state index contributed by atoms with van der Waals surface area (Å²) < 4.78 is 38.4. The Hall–Kier alpha value is -1.69. The van der Waals surface area contributed by atoms with Crippen LogP contribution >= 0.6 is 15.9 Å². The number of hydrogen-bond acceptors (Lipinski definition) is 2. The Morgan fingerprint density at radius 1 is 1.05 bits per heavy atom. The van der Waals surface area contributed by atoms with Gasteiger partial charge in [0.2, 0.25) is 0 Å². The van der Waals surface area contributed by atoms with Crippen LogP contribution in [0.3, 0.4) is 0 Å². The van der Waals surface area contributed by atoms with E-state index in [1.54, 1.807) is 12.1 Å². The van der Waals surface area contributed by atoms with Crippen LogP contribution < -0.4 is 11.1 Å². The summed E-state index contributed by atoms with van der Waals surface area (Å²) in [4.78, 5) is 0. The van der Waals surface area contributed by atoms with E-state index in [-0.39, 0.29) is 5.69 Å². The van der Waals surface area contributed by atoms with Gasteiger partial charge in [-0.2, -0.15) is 13.2 Å². The Kier molecular flexibility index (Phi) is 3.71. The van der Waals surface area contributed by atoms with Crippen LogP contribution in [0, 0.1) is 0 Å². The second kappa shape index (κ2) is 5.13. The highest BCUT2D eigenvalue weighted by Crippen LogP contribution is 2.33. The molecule has 0 saturated heterocycles. The SMILES string of the molecule is Nc1cc(C(F)(F)F)ccc1Nc1cccc(Br)c1. The molecule has 0 amide bonds. The van der Waals surface area contributed by atoms with Gasteiger partial charge in [-0.1, -0.05) is 22.0 Å². The molecule has 0 aliphatic heterocycles. The van der Waals surface area contributed by atoms with E-state index in [1.165, 1.54) is 6.07 Å². The Balaban J connectivity index is 2.27. The van der Waals surface area contributed by atoms with Crippen molar-refractivity contribution in [3.63, 3.8) is 0 Å². The van der Waals surface area contributed by atoms with Gasteiger partial charge in [0.25, 0.3) is 0 Å². The second-order valence-corrected chi connectivity index (χ2v) is 4.85. The molecular weight excluding hydrogens is 321 g/mol. The standard InChI is InChI=1S/C13H10BrF3N2/c14-9-2-1-3-10(7-9)19-12-5-4-8(6-11(12)18)13(15,16)17/h1-7,19H,18H2. The van der Waals surface area contributed by atoms with Gasteiger partial charge in [-0.15, -0.1) is 0 Å². The van der Waals surface area contributed by atoms with Gasteiger partial charge < -0.3 is 11.1 Å². The van der Waals surface area contributed by atoms with Crippen LogP contribution in [-0.4, -0.2) is 0 Å². The van der Waals surface area contributed by atoms with Gasteiger partial charge in [0.15, 0.2) is 0 Å². The Labute approximate surface area is 116 Å². The molecule has 6 heteroatoms. The molecule has 2 aromatic carbocycles. The van der Waals surface area contributed by atoms with Crippen LogP contribution in [0.25, 0.3) is 0 Å². The summed E-state index contributed by atoms with van der Waals surface area (Å²) >= 11 is 3.31. The second-order valence-electron chi connectivity index (χ2n) is 3.94. The lowest BCUT2D eigenvalue weighted by atomic mass is 10.1. The van der Waals surface area contributed by atoms with Crippen LogP contribution in [-0.2, 0) is 6.18 Å². The maximum Gasteiger partial charge on any atom is 0.416 e. The topological polar surface area (TPSA) is 38.0 Å². The zero-order valence-corrected chi connectivity index (χ0v) is 11.2. The molecule has 2 aromatic rings. The number of hydrogen-bond donors (Lipinski definition) is 2. The predicted octanol–water partition coefficient (Wildman–Crippen LogP) is 4.79. The molecule has 2 nitrogen and oxygen atoms in total. The number of alkyl halides is 3. The highest BCUT2D eigenvalue weighted by molar-refractivity contribution is 9.10. The van der Waals surface area contributed by atoms with Gasteiger partial charge in [0.05, 0.1) is 16.9 Å². The fourth-order valence-electron chi connectivity index (χ4n) is 1.57. The minimum Gasteiger partial charge on any atom is -0.397 e. The van der Waals surface area contributed by atoms with E-state index < -0.39 is 11.7 Å².